The minimum absolute atomic E-state index is 0.629. The Bertz CT molecular complexity index is 359. The topological polar surface area (TPSA) is 22.1 Å². The Morgan fingerprint density at radius 3 is 1.95 bits per heavy atom. The number of hydrogen-bond acceptors (Lipinski definition) is 3. The first kappa shape index (κ1) is 19.3. The van der Waals surface area contributed by atoms with Gasteiger partial charge in [0.25, 0.3) is 0 Å². The first-order chi connectivity index (χ1) is 10.2. The molecule has 1 aromatic rings. The molecule has 0 saturated heterocycles. The van der Waals surface area contributed by atoms with Gasteiger partial charge in [-0.05, 0) is 0 Å². The molecule has 2 radical (unpaired) electrons. The molecule has 0 aromatic carbocycles. The first-order valence-corrected chi connectivity index (χ1v) is 12.2. The van der Waals surface area contributed by atoms with Gasteiger partial charge in [-0.15, -0.1) is 0 Å². The maximum atomic E-state index is 5.29. The molecule has 0 fully saturated rings. The number of rotatable bonds is 12. The summed E-state index contributed by atoms with van der Waals surface area (Å²) in [6, 6.07) is 0. The van der Waals surface area contributed by atoms with Crippen LogP contribution in [-0.2, 0) is 0 Å². The summed E-state index contributed by atoms with van der Waals surface area (Å²) >= 11 is 1.01. The average molecular weight is 416 g/mol. The van der Waals surface area contributed by atoms with Crippen molar-refractivity contribution in [2.24, 2.45) is 0 Å². The van der Waals surface area contributed by atoms with E-state index < -0.39 is 21.1 Å². The van der Waals surface area contributed by atoms with Crippen molar-refractivity contribution in [1.82, 2.24) is 4.98 Å². The van der Waals surface area contributed by atoms with Crippen LogP contribution in [0.25, 0.3) is 0 Å². The molecule has 0 N–H and O–H groups in total. The van der Waals surface area contributed by atoms with E-state index in [0.717, 1.165) is 5.19 Å². The molecule has 0 aliphatic heterocycles. The van der Waals surface area contributed by atoms with E-state index in [2.05, 4.69) is 26.2 Å². The number of ether oxygens (including phenoxy) is 1. The molecule has 0 aliphatic rings. The zero-order valence-corrected chi connectivity index (χ0v) is 17.9. The van der Waals surface area contributed by atoms with Gasteiger partial charge >= 0.3 is 146 Å². The zero-order valence-electron chi connectivity index (χ0n) is 14.2. The van der Waals surface area contributed by atoms with Crippen LogP contribution in [0, 0.1) is 0 Å². The van der Waals surface area contributed by atoms with Crippen LogP contribution in [-0.4, -0.2) is 33.2 Å². The Kier molecular flexibility index (Phi) is 9.98. The van der Waals surface area contributed by atoms with E-state index >= 15 is 0 Å². The number of nitrogens with zero attached hydrogens (tertiary/aromatic N) is 1. The van der Waals surface area contributed by atoms with E-state index in [9.17, 15) is 0 Å². The van der Waals surface area contributed by atoms with Crippen LogP contribution in [0.5, 0.6) is 5.19 Å². The summed E-state index contributed by atoms with van der Waals surface area (Å²) in [4.78, 5) is 4.71. The Morgan fingerprint density at radius 1 is 1.05 bits per heavy atom. The van der Waals surface area contributed by atoms with Crippen molar-refractivity contribution >= 4 is 36.2 Å². The third kappa shape index (κ3) is 6.89. The van der Waals surface area contributed by atoms with E-state index in [1.807, 2.05) is 0 Å². The molecule has 120 valence electrons. The van der Waals surface area contributed by atoms with Gasteiger partial charge in [-0.3, -0.25) is 0 Å². The number of unbranched alkanes of at least 4 members (excludes halogenated alkanes) is 3. The minimum atomic E-state index is -0.663. The molecule has 21 heavy (non-hydrogen) atoms. The first-order valence-electron chi connectivity index (χ1n) is 8.47. The normalized spacial score (nSPS) is 11.8. The van der Waals surface area contributed by atoms with Crippen molar-refractivity contribution in [1.29, 1.82) is 0 Å². The van der Waals surface area contributed by atoms with Crippen LogP contribution < -0.4 is 8.45 Å². The van der Waals surface area contributed by atoms with Crippen LogP contribution in [0.15, 0.2) is 5.38 Å². The number of thiazole rings is 1. The maximum absolute atomic E-state index is 5.29. The fourth-order valence-electron chi connectivity index (χ4n) is 2.79. The summed E-state index contributed by atoms with van der Waals surface area (Å²) in [6.45, 7) is 6.96. The van der Waals surface area contributed by atoms with E-state index in [4.69, 9.17) is 9.72 Å². The van der Waals surface area contributed by atoms with Gasteiger partial charge in [-0.1, -0.05) is 0 Å². The number of methoxy groups -OCH3 is 1. The molecular formula is C17H31NOSSn. The van der Waals surface area contributed by atoms with Gasteiger partial charge in [-0.25, -0.2) is 0 Å². The SMILES string of the molecule is CCCC[C](CCCC)(CCCC)[Sn][c]1csc(OC)n1. The summed E-state index contributed by atoms with van der Waals surface area (Å²) in [5.41, 5.74) is 0. The van der Waals surface area contributed by atoms with Crippen LogP contribution in [0.1, 0.15) is 78.6 Å². The summed E-state index contributed by atoms with van der Waals surface area (Å²) in [5.74, 6) is 0. The Morgan fingerprint density at radius 2 is 1.57 bits per heavy atom. The second kappa shape index (κ2) is 10.9. The second-order valence-electron chi connectivity index (χ2n) is 5.92. The van der Waals surface area contributed by atoms with Crippen molar-refractivity contribution in [3.8, 4) is 5.19 Å². The molecule has 2 nitrogen and oxygen atoms in total. The number of hydrogen-bond donors (Lipinski definition) is 0. The van der Waals surface area contributed by atoms with Gasteiger partial charge < -0.3 is 0 Å². The molecule has 0 aliphatic carbocycles. The fourth-order valence-corrected chi connectivity index (χ4v) is 9.18. The van der Waals surface area contributed by atoms with E-state index in [0.29, 0.717) is 3.43 Å². The molecule has 0 unspecified atom stereocenters. The molecule has 0 saturated carbocycles. The van der Waals surface area contributed by atoms with Crippen LogP contribution in [0.3, 0.4) is 0 Å². The molecule has 1 rings (SSSR count). The van der Waals surface area contributed by atoms with Gasteiger partial charge in [0.15, 0.2) is 0 Å². The van der Waals surface area contributed by atoms with Crippen molar-refractivity contribution in [2.45, 2.75) is 82.0 Å². The predicted molar refractivity (Wildman–Crippen MR) is 95.3 cm³/mol. The van der Waals surface area contributed by atoms with Crippen molar-refractivity contribution in [3.05, 3.63) is 5.38 Å². The van der Waals surface area contributed by atoms with E-state index in [-0.39, 0.29) is 0 Å². The van der Waals surface area contributed by atoms with E-state index in [1.54, 1.807) is 18.4 Å². The Balaban J connectivity index is 2.83. The molecular weight excluding hydrogens is 385 g/mol. The van der Waals surface area contributed by atoms with Crippen LogP contribution in [0.2, 0.25) is 3.43 Å². The summed E-state index contributed by atoms with van der Waals surface area (Å²) in [7, 11) is 1.73. The Labute approximate surface area is 145 Å². The number of aromatic nitrogens is 1. The van der Waals surface area contributed by atoms with Crippen molar-refractivity contribution in [2.75, 3.05) is 7.11 Å². The molecule has 1 heterocycles. The van der Waals surface area contributed by atoms with Gasteiger partial charge in [0, 0.05) is 0 Å². The van der Waals surface area contributed by atoms with E-state index in [1.165, 1.54) is 61.5 Å². The summed E-state index contributed by atoms with van der Waals surface area (Å²) in [6.07, 6.45) is 12.4. The fraction of sp³-hybridized carbons (Fsp3) is 0.824. The molecule has 1 aromatic heterocycles. The van der Waals surface area contributed by atoms with Crippen LogP contribution >= 0.6 is 11.3 Å². The van der Waals surface area contributed by atoms with Crippen LogP contribution in [0.4, 0.5) is 0 Å². The van der Waals surface area contributed by atoms with Gasteiger partial charge in [-0.2, -0.15) is 0 Å². The second-order valence-corrected chi connectivity index (χ2v) is 11.9. The molecule has 0 atom stereocenters. The molecule has 0 bridgehead atoms. The third-order valence-electron chi connectivity index (χ3n) is 4.08. The monoisotopic (exact) mass is 417 g/mol. The molecule has 4 heteroatoms. The average Bonchev–Trinajstić information content (AvgIpc) is 2.96. The summed E-state index contributed by atoms with van der Waals surface area (Å²) < 4.78 is 7.32. The van der Waals surface area contributed by atoms with Crippen molar-refractivity contribution < 1.29 is 4.74 Å². The van der Waals surface area contributed by atoms with Gasteiger partial charge in [0.1, 0.15) is 0 Å². The van der Waals surface area contributed by atoms with Gasteiger partial charge in [0.2, 0.25) is 0 Å². The Hall–Kier alpha value is 0.229. The van der Waals surface area contributed by atoms with Crippen molar-refractivity contribution in [3.63, 3.8) is 0 Å². The standard InChI is InChI=1S/C13H27.C4H4NOS.Sn/c1-4-7-10-13(11-8-5-2)12-9-6-3;1-6-4-5-2-3-7-4;/h4-12H2,1-3H3;3H,1H3;. The molecule has 0 spiro atoms. The molecule has 0 amide bonds. The predicted octanol–water partition coefficient (Wildman–Crippen LogP) is 5.21. The van der Waals surface area contributed by atoms with Gasteiger partial charge in [0.05, 0.1) is 0 Å². The summed E-state index contributed by atoms with van der Waals surface area (Å²) in [5, 5.41) is 3.12. The zero-order chi connectivity index (χ0) is 15.6. The third-order valence-corrected chi connectivity index (χ3v) is 10.6. The quantitative estimate of drug-likeness (QED) is 0.437.